The molecule has 2 N–H and O–H groups in total. The van der Waals surface area contributed by atoms with Gasteiger partial charge in [-0.15, -0.1) is 11.3 Å². The molecular formula is C23H29N3O4S. The zero-order valence-corrected chi connectivity index (χ0v) is 18.5. The van der Waals surface area contributed by atoms with Crippen LogP contribution in [0.25, 0.3) is 10.1 Å². The van der Waals surface area contributed by atoms with Crippen LogP contribution in [0.2, 0.25) is 0 Å². The van der Waals surface area contributed by atoms with Crippen molar-refractivity contribution in [3.05, 3.63) is 34.7 Å². The highest BCUT2D eigenvalue weighted by Gasteiger charge is 2.33. The van der Waals surface area contributed by atoms with Gasteiger partial charge in [0.05, 0.1) is 18.0 Å². The minimum absolute atomic E-state index is 0.0106. The van der Waals surface area contributed by atoms with Gasteiger partial charge in [-0.2, -0.15) is 0 Å². The number of nitrogens with one attached hydrogen (secondary N) is 1. The van der Waals surface area contributed by atoms with E-state index in [1.165, 1.54) is 11.3 Å². The molecule has 1 aromatic carbocycles. The molecule has 2 saturated heterocycles. The van der Waals surface area contributed by atoms with Gasteiger partial charge >= 0.3 is 0 Å². The molecule has 2 aliphatic rings. The van der Waals surface area contributed by atoms with Crippen molar-refractivity contribution in [1.29, 1.82) is 0 Å². The first kappa shape index (κ1) is 21.8. The lowest BCUT2D eigenvalue weighted by Gasteiger charge is -2.24. The molecule has 1 atom stereocenters. The lowest BCUT2D eigenvalue weighted by molar-refractivity contribution is -0.139. The number of nitrogens with zero attached hydrogens (tertiary/aromatic N) is 2. The quantitative estimate of drug-likeness (QED) is 0.717. The first-order chi connectivity index (χ1) is 15.1. The molecule has 31 heavy (non-hydrogen) atoms. The summed E-state index contributed by atoms with van der Waals surface area (Å²) in [6, 6.07) is 7.97. The Hall–Kier alpha value is -2.45. The minimum atomic E-state index is -0.176. The summed E-state index contributed by atoms with van der Waals surface area (Å²) in [5.41, 5.74) is 0.997. The van der Waals surface area contributed by atoms with Gasteiger partial charge in [-0.1, -0.05) is 24.6 Å². The summed E-state index contributed by atoms with van der Waals surface area (Å²) >= 11 is 1.46. The second-order valence-corrected chi connectivity index (χ2v) is 9.32. The van der Waals surface area contributed by atoms with Gasteiger partial charge in [-0.3, -0.25) is 14.4 Å². The fourth-order valence-corrected chi connectivity index (χ4v) is 5.79. The molecule has 4 rings (SSSR count). The lowest BCUT2D eigenvalue weighted by atomic mass is 9.95. The van der Waals surface area contributed by atoms with E-state index < -0.39 is 0 Å². The van der Waals surface area contributed by atoms with Crippen LogP contribution in [-0.2, 0) is 9.59 Å². The molecule has 2 aliphatic heterocycles. The van der Waals surface area contributed by atoms with E-state index in [9.17, 15) is 14.4 Å². The average Bonchev–Trinajstić information content (AvgIpc) is 3.35. The van der Waals surface area contributed by atoms with Crippen LogP contribution in [0.15, 0.2) is 24.3 Å². The molecule has 1 aromatic heterocycles. The highest BCUT2D eigenvalue weighted by molar-refractivity contribution is 7.21. The molecule has 0 aliphatic carbocycles. The second kappa shape index (κ2) is 9.78. The van der Waals surface area contributed by atoms with Gasteiger partial charge in [0, 0.05) is 43.2 Å². The number of aliphatic hydroxyl groups is 1. The third-order valence-corrected chi connectivity index (χ3v) is 7.37. The number of fused-ring (bicyclic) bond motifs is 1. The topological polar surface area (TPSA) is 89.9 Å². The fraction of sp³-hybridized carbons (Fsp3) is 0.522. The maximum atomic E-state index is 12.9. The number of aliphatic hydroxyl groups excluding tert-OH is 1. The van der Waals surface area contributed by atoms with E-state index >= 15 is 0 Å². The van der Waals surface area contributed by atoms with Gasteiger partial charge in [-0.05, 0) is 36.3 Å². The van der Waals surface area contributed by atoms with E-state index in [2.05, 4.69) is 5.32 Å². The van der Waals surface area contributed by atoms with Crippen LogP contribution in [-0.4, -0.2) is 72.0 Å². The highest BCUT2D eigenvalue weighted by atomic mass is 32.1. The number of carbonyl (C=O) groups excluding carboxylic acids is 3. The number of amides is 3. The summed E-state index contributed by atoms with van der Waals surface area (Å²) in [7, 11) is 0. The number of rotatable bonds is 6. The average molecular weight is 444 g/mol. The third-order valence-electron chi connectivity index (χ3n) is 6.18. The number of likely N-dealkylation sites (tertiary alicyclic amines) is 2. The van der Waals surface area contributed by atoms with Gasteiger partial charge in [0.1, 0.15) is 0 Å². The number of benzene rings is 1. The Bertz CT molecular complexity index is 973. The van der Waals surface area contributed by atoms with Crippen LogP contribution in [0.3, 0.4) is 0 Å². The van der Waals surface area contributed by atoms with Crippen molar-refractivity contribution in [1.82, 2.24) is 15.1 Å². The Morgan fingerprint density at radius 2 is 2.00 bits per heavy atom. The lowest BCUT2D eigenvalue weighted by Crippen LogP contribution is -2.41. The Morgan fingerprint density at radius 3 is 2.84 bits per heavy atom. The number of thiophene rings is 1. The molecule has 8 heteroatoms. The van der Waals surface area contributed by atoms with Crippen molar-refractivity contribution in [3.8, 4) is 0 Å². The van der Waals surface area contributed by atoms with Crippen molar-refractivity contribution in [2.75, 3.05) is 39.3 Å². The predicted molar refractivity (Wildman–Crippen MR) is 120 cm³/mol. The van der Waals surface area contributed by atoms with Crippen molar-refractivity contribution >= 4 is 39.1 Å². The molecular weight excluding hydrogens is 414 g/mol. The summed E-state index contributed by atoms with van der Waals surface area (Å²) < 4.78 is 1.05. The standard InChI is InChI=1S/C23H29N3O4S/c27-13-10-24-23(30)22-21(17-6-3-4-7-18(17)31-22)16-9-12-26(14-16)20(29)15-25-11-5-1-2-8-19(25)28/h3-4,6-7,16,27H,1-2,5,8-15H2,(H,24,30)/t16-/m0/s1. The van der Waals surface area contributed by atoms with E-state index in [0.717, 1.165) is 41.3 Å². The first-order valence-electron chi connectivity index (χ1n) is 11.0. The van der Waals surface area contributed by atoms with Gasteiger partial charge in [0.25, 0.3) is 5.91 Å². The summed E-state index contributed by atoms with van der Waals surface area (Å²) in [5.74, 6) is -0.0307. The van der Waals surface area contributed by atoms with Crippen LogP contribution in [0.5, 0.6) is 0 Å². The molecule has 2 fully saturated rings. The molecule has 0 spiro atoms. The maximum Gasteiger partial charge on any atom is 0.261 e. The molecule has 0 bridgehead atoms. The molecule has 0 unspecified atom stereocenters. The van der Waals surface area contributed by atoms with Crippen LogP contribution in [0.4, 0.5) is 0 Å². The molecule has 3 amide bonds. The number of carbonyl (C=O) groups is 3. The summed E-state index contributed by atoms with van der Waals surface area (Å²) in [4.78, 5) is 42.2. The van der Waals surface area contributed by atoms with Crippen LogP contribution < -0.4 is 5.32 Å². The van der Waals surface area contributed by atoms with Gasteiger partial charge in [0.2, 0.25) is 11.8 Å². The maximum absolute atomic E-state index is 12.9. The summed E-state index contributed by atoms with van der Waals surface area (Å²) in [6.07, 6.45) is 4.22. The Kier molecular flexibility index (Phi) is 6.87. The highest BCUT2D eigenvalue weighted by Crippen LogP contribution is 2.40. The zero-order chi connectivity index (χ0) is 21.8. The van der Waals surface area contributed by atoms with Crippen LogP contribution >= 0.6 is 11.3 Å². The number of hydrogen-bond acceptors (Lipinski definition) is 5. The normalized spacial score (nSPS) is 19.6. The monoisotopic (exact) mass is 443 g/mol. The summed E-state index contributed by atoms with van der Waals surface area (Å²) in [5, 5.41) is 12.9. The van der Waals surface area contributed by atoms with Gasteiger partial charge in [-0.25, -0.2) is 0 Å². The van der Waals surface area contributed by atoms with Crippen LogP contribution in [0.1, 0.15) is 53.3 Å². The fourth-order valence-electron chi connectivity index (χ4n) is 4.58. The van der Waals surface area contributed by atoms with E-state index in [0.29, 0.717) is 30.9 Å². The van der Waals surface area contributed by atoms with E-state index in [4.69, 9.17) is 5.11 Å². The SMILES string of the molecule is O=C(NCCO)c1sc2ccccc2c1[C@H]1CCN(C(=O)CN2CCCCCC2=O)C1. The first-order valence-corrected chi connectivity index (χ1v) is 11.9. The zero-order valence-electron chi connectivity index (χ0n) is 17.6. The third kappa shape index (κ3) is 4.75. The largest absolute Gasteiger partial charge is 0.395 e. The Morgan fingerprint density at radius 1 is 1.16 bits per heavy atom. The van der Waals surface area contributed by atoms with Gasteiger partial charge in [0.15, 0.2) is 0 Å². The Labute approximate surface area is 186 Å². The molecule has 3 heterocycles. The van der Waals surface area contributed by atoms with Crippen molar-refractivity contribution in [3.63, 3.8) is 0 Å². The van der Waals surface area contributed by atoms with Crippen molar-refractivity contribution in [2.24, 2.45) is 0 Å². The summed E-state index contributed by atoms with van der Waals surface area (Å²) in [6.45, 7) is 2.11. The van der Waals surface area contributed by atoms with Crippen molar-refractivity contribution in [2.45, 2.75) is 38.0 Å². The molecule has 166 valence electrons. The molecule has 0 radical (unpaired) electrons. The van der Waals surface area contributed by atoms with Crippen LogP contribution in [0, 0.1) is 0 Å². The van der Waals surface area contributed by atoms with E-state index in [1.54, 1.807) is 4.90 Å². The predicted octanol–water partition coefficient (Wildman–Crippen LogP) is 2.34. The van der Waals surface area contributed by atoms with Gasteiger partial charge < -0.3 is 20.2 Å². The second-order valence-electron chi connectivity index (χ2n) is 8.27. The molecule has 2 aromatic rings. The smallest absolute Gasteiger partial charge is 0.261 e. The molecule has 0 saturated carbocycles. The molecule has 7 nitrogen and oxygen atoms in total. The van der Waals surface area contributed by atoms with Crippen molar-refractivity contribution < 1.29 is 19.5 Å². The minimum Gasteiger partial charge on any atom is -0.395 e. The van der Waals surface area contributed by atoms with E-state index in [-0.39, 0.29) is 43.3 Å². The Balaban J connectivity index is 1.51. The van der Waals surface area contributed by atoms with E-state index in [1.807, 2.05) is 29.2 Å². The number of hydrogen-bond donors (Lipinski definition) is 2.